The van der Waals surface area contributed by atoms with E-state index in [1.54, 1.807) is 0 Å². The molecule has 2 aliphatic carbocycles. The molecule has 0 N–H and O–H groups in total. The van der Waals surface area contributed by atoms with Gasteiger partial charge in [-0.15, -0.1) is 11.3 Å². The Labute approximate surface area is 364 Å². The van der Waals surface area contributed by atoms with E-state index in [2.05, 4.69) is 212 Å². The van der Waals surface area contributed by atoms with E-state index in [0.717, 1.165) is 44.8 Å². The molecule has 2 heterocycles. The van der Waals surface area contributed by atoms with E-state index in [9.17, 15) is 0 Å². The van der Waals surface area contributed by atoms with Crippen LogP contribution in [0, 0.1) is 0 Å². The van der Waals surface area contributed by atoms with E-state index in [1.165, 1.54) is 70.2 Å². The fourth-order valence-corrected chi connectivity index (χ4v) is 11.6. The van der Waals surface area contributed by atoms with Crippen molar-refractivity contribution in [3.63, 3.8) is 0 Å². The lowest BCUT2D eigenvalue weighted by atomic mass is 9.70. The number of benzene rings is 9. The summed E-state index contributed by atoms with van der Waals surface area (Å²) in [7, 11) is 0. The molecule has 0 fully saturated rings. The van der Waals surface area contributed by atoms with Gasteiger partial charge in [-0.1, -0.05) is 176 Å². The van der Waals surface area contributed by atoms with Gasteiger partial charge in [0.05, 0.1) is 16.8 Å². The predicted molar refractivity (Wildman–Crippen MR) is 258 cm³/mol. The van der Waals surface area contributed by atoms with Crippen LogP contribution in [-0.2, 0) is 5.41 Å². The standard InChI is InChI=1S/C59H36N2S/c1-3-16-37(17-4-1)40-32-41(43-24-15-29-56-57(43)47-23-10-14-28-55(47)62-56)34-42(33-40)54-36-53(60-58(61-54)38-18-5-2-6-19-38)39-30-31-52-48(35-39)46-22-9-13-27-51(46)59(52)49-25-11-7-20-44(49)45-21-8-12-26-50(45)59/h1-36H. The smallest absolute Gasteiger partial charge is 0.160 e. The zero-order valence-corrected chi connectivity index (χ0v) is 34.4. The maximum atomic E-state index is 5.38. The van der Waals surface area contributed by atoms with Crippen LogP contribution in [0.5, 0.6) is 0 Å². The van der Waals surface area contributed by atoms with Gasteiger partial charge in [-0.2, -0.15) is 0 Å². The Morgan fingerprint density at radius 2 is 0.823 bits per heavy atom. The second kappa shape index (κ2) is 13.7. The van der Waals surface area contributed by atoms with Crippen LogP contribution in [0.25, 0.3) is 98.6 Å². The lowest BCUT2D eigenvalue weighted by Crippen LogP contribution is -2.25. The van der Waals surface area contributed by atoms with Crippen LogP contribution >= 0.6 is 11.3 Å². The van der Waals surface area contributed by atoms with Crippen LogP contribution in [0.4, 0.5) is 0 Å². The highest BCUT2D eigenvalue weighted by Crippen LogP contribution is 2.63. The van der Waals surface area contributed by atoms with Gasteiger partial charge in [0, 0.05) is 36.9 Å². The Kier molecular flexibility index (Phi) is 7.72. The number of thiophene rings is 1. The molecule has 0 atom stereocenters. The summed E-state index contributed by atoms with van der Waals surface area (Å²) in [6.45, 7) is 0. The van der Waals surface area contributed by atoms with Crippen molar-refractivity contribution in [3.8, 4) is 78.4 Å². The molecule has 1 spiro atoms. The normalized spacial score (nSPS) is 13.0. The van der Waals surface area contributed by atoms with Crippen molar-refractivity contribution in [1.29, 1.82) is 0 Å². The minimum atomic E-state index is -0.394. The first kappa shape index (κ1) is 35.1. The highest BCUT2D eigenvalue weighted by atomic mass is 32.1. The van der Waals surface area contributed by atoms with Crippen molar-refractivity contribution in [1.82, 2.24) is 9.97 Å². The predicted octanol–water partition coefficient (Wildman–Crippen LogP) is 15.5. The summed E-state index contributed by atoms with van der Waals surface area (Å²) in [6, 6.07) is 79.7. The molecule has 0 amide bonds. The Hall–Kier alpha value is -7.72. The van der Waals surface area contributed by atoms with Gasteiger partial charge < -0.3 is 0 Å². The van der Waals surface area contributed by atoms with Crippen molar-refractivity contribution >= 4 is 31.5 Å². The number of aromatic nitrogens is 2. The van der Waals surface area contributed by atoms with Gasteiger partial charge in [0.1, 0.15) is 0 Å². The summed E-state index contributed by atoms with van der Waals surface area (Å²) in [5.41, 5.74) is 19.6. The van der Waals surface area contributed by atoms with E-state index in [1.807, 2.05) is 17.4 Å². The molecule has 0 saturated carbocycles. The quantitative estimate of drug-likeness (QED) is 0.173. The monoisotopic (exact) mass is 804 g/mol. The van der Waals surface area contributed by atoms with E-state index >= 15 is 0 Å². The molecule has 3 heteroatoms. The zero-order chi connectivity index (χ0) is 40.8. The van der Waals surface area contributed by atoms with E-state index in [0.29, 0.717) is 5.82 Å². The first-order valence-electron chi connectivity index (χ1n) is 21.2. The highest BCUT2D eigenvalue weighted by Gasteiger charge is 2.51. The van der Waals surface area contributed by atoms with E-state index in [4.69, 9.17) is 9.97 Å². The fraction of sp³-hybridized carbons (Fsp3) is 0.0169. The van der Waals surface area contributed by atoms with E-state index < -0.39 is 5.41 Å². The summed E-state index contributed by atoms with van der Waals surface area (Å²) in [5.74, 6) is 0.701. The molecule has 13 rings (SSSR count). The fourth-order valence-electron chi connectivity index (χ4n) is 10.5. The molecule has 62 heavy (non-hydrogen) atoms. The van der Waals surface area contributed by atoms with Crippen molar-refractivity contribution in [2.24, 2.45) is 0 Å². The minimum absolute atomic E-state index is 0.394. The molecule has 11 aromatic rings. The lowest BCUT2D eigenvalue weighted by Gasteiger charge is -2.30. The van der Waals surface area contributed by atoms with Crippen molar-refractivity contribution in [2.45, 2.75) is 5.41 Å². The van der Waals surface area contributed by atoms with Gasteiger partial charge in [0.25, 0.3) is 0 Å². The number of nitrogens with zero attached hydrogens (tertiary/aromatic N) is 2. The van der Waals surface area contributed by atoms with Gasteiger partial charge in [-0.3, -0.25) is 0 Å². The molecule has 2 aromatic heterocycles. The Morgan fingerprint density at radius 1 is 0.306 bits per heavy atom. The molecule has 288 valence electrons. The molecule has 0 saturated heterocycles. The first-order chi connectivity index (χ1) is 30.7. The van der Waals surface area contributed by atoms with Crippen LogP contribution < -0.4 is 0 Å². The van der Waals surface area contributed by atoms with Gasteiger partial charge >= 0.3 is 0 Å². The average molecular weight is 805 g/mol. The lowest BCUT2D eigenvalue weighted by molar-refractivity contribution is 0.794. The topological polar surface area (TPSA) is 25.8 Å². The molecule has 0 bridgehead atoms. The molecule has 0 radical (unpaired) electrons. The SMILES string of the molecule is c1ccc(-c2cc(-c3cc(-c4ccc5c(c4)-c4ccccc4C54c5ccccc5-c5ccccc54)nc(-c4ccccc4)n3)cc(-c3cccc4sc5ccccc5c34)c2)cc1. The summed E-state index contributed by atoms with van der Waals surface area (Å²) in [5, 5.41) is 2.58. The van der Waals surface area contributed by atoms with Crippen LogP contribution in [0.3, 0.4) is 0 Å². The second-order valence-corrected chi connectivity index (χ2v) is 17.5. The minimum Gasteiger partial charge on any atom is -0.228 e. The van der Waals surface area contributed by atoms with Gasteiger partial charge in [-0.05, 0) is 109 Å². The van der Waals surface area contributed by atoms with Crippen molar-refractivity contribution in [2.75, 3.05) is 0 Å². The largest absolute Gasteiger partial charge is 0.228 e. The molecule has 9 aromatic carbocycles. The van der Waals surface area contributed by atoms with Gasteiger partial charge in [0.2, 0.25) is 0 Å². The molecular formula is C59H36N2S. The van der Waals surface area contributed by atoms with Crippen molar-refractivity contribution < 1.29 is 0 Å². The third-order valence-electron chi connectivity index (χ3n) is 13.1. The number of hydrogen-bond donors (Lipinski definition) is 0. The molecule has 2 nitrogen and oxygen atoms in total. The summed E-state index contributed by atoms with van der Waals surface area (Å²) in [6.07, 6.45) is 0. The summed E-state index contributed by atoms with van der Waals surface area (Å²) in [4.78, 5) is 10.7. The van der Waals surface area contributed by atoms with E-state index in [-0.39, 0.29) is 0 Å². The Bertz CT molecular complexity index is 3540. The number of rotatable bonds is 5. The second-order valence-electron chi connectivity index (χ2n) is 16.4. The van der Waals surface area contributed by atoms with Crippen LogP contribution in [-0.4, -0.2) is 9.97 Å². The third kappa shape index (κ3) is 5.16. The molecule has 0 unspecified atom stereocenters. The van der Waals surface area contributed by atoms with Crippen molar-refractivity contribution in [3.05, 3.63) is 241 Å². The summed E-state index contributed by atoms with van der Waals surface area (Å²) >= 11 is 1.85. The molecule has 0 aliphatic heterocycles. The Balaban J connectivity index is 1.03. The van der Waals surface area contributed by atoms with Gasteiger partial charge in [0.15, 0.2) is 5.82 Å². The zero-order valence-electron chi connectivity index (χ0n) is 33.6. The molecule has 2 aliphatic rings. The first-order valence-corrected chi connectivity index (χ1v) is 22.0. The number of hydrogen-bond acceptors (Lipinski definition) is 3. The average Bonchev–Trinajstić information content (AvgIpc) is 3.98. The maximum Gasteiger partial charge on any atom is 0.160 e. The van der Waals surface area contributed by atoms with Gasteiger partial charge in [-0.25, -0.2) is 9.97 Å². The van der Waals surface area contributed by atoms with Crippen LogP contribution in [0.1, 0.15) is 22.3 Å². The maximum absolute atomic E-state index is 5.38. The summed E-state index contributed by atoms with van der Waals surface area (Å²) < 4.78 is 2.59. The Morgan fingerprint density at radius 3 is 1.53 bits per heavy atom. The number of fused-ring (bicyclic) bond motifs is 13. The van der Waals surface area contributed by atoms with Crippen LogP contribution in [0.2, 0.25) is 0 Å². The molecular weight excluding hydrogens is 769 g/mol. The third-order valence-corrected chi connectivity index (χ3v) is 14.2. The van der Waals surface area contributed by atoms with Crippen LogP contribution in [0.15, 0.2) is 218 Å². The highest BCUT2D eigenvalue weighted by molar-refractivity contribution is 7.25.